The molecule has 1 amide bonds. The maximum atomic E-state index is 15.5. The Morgan fingerprint density at radius 2 is 1.67 bits per heavy atom. The first-order chi connectivity index (χ1) is 27.6. The Morgan fingerprint density at radius 3 is 2.33 bits per heavy atom. The summed E-state index contributed by atoms with van der Waals surface area (Å²) >= 11 is 13.6. The summed E-state index contributed by atoms with van der Waals surface area (Å²) in [4.78, 5) is 34.6. The number of hydrogen-bond donors (Lipinski definition) is 2. The lowest BCUT2D eigenvalue weighted by Gasteiger charge is -2.35. The first-order valence-corrected chi connectivity index (χ1v) is 20.8. The third kappa shape index (κ3) is 6.85. The van der Waals surface area contributed by atoms with Gasteiger partial charge in [-0.1, -0.05) is 29.3 Å². The van der Waals surface area contributed by atoms with Crippen LogP contribution in [0.1, 0.15) is 74.0 Å². The number of fused-ring (bicyclic) bond motifs is 4. The summed E-state index contributed by atoms with van der Waals surface area (Å²) in [5.41, 5.74) is 11.1. The minimum absolute atomic E-state index is 0.125. The topological polar surface area (TPSA) is 103 Å². The van der Waals surface area contributed by atoms with Gasteiger partial charge in [0.15, 0.2) is 7.05 Å². The normalized spacial score (nSPS) is 16.6. The van der Waals surface area contributed by atoms with E-state index < -0.39 is 5.97 Å². The van der Waals surface area contributed by atoms with Gasteiger partial charge in [0.2, 0.25) is 5.69 Å². The molecule has 6 aromatic rings. The smallest absolute Gasteiger partial charge is 0.352 e. The number of carbonyl (C=O) groups excluding carboxylic acids is 1. The second kappa shape index (κ2) is 15.4. The van der Waals surface area contributed by atoms with E-state index in [4.69, 9.17) is 27.9 Å². The number of carboxylic acids is 1. The minimum Gasteiger partial charge on any atom is -0.494 e. The molecule has 0 saturated carbocycles. The van der Waals surface area contributed by atoms with E-state index in [1.165, 1.54) is 0 Å². The Kier molecular flexibility index (Phi) is 10.6. The molecule has 13 heteroatoms. The summed E-state index contributed by atoms with van der Waals surface area (Å²) in [7, 11) is 5.90. The lowest BCUT2D eigenvalue weighted by molar-refractivity contribution is -0.732. The zero-order valence-corrected chi connectivity index (χ0v) is 36.1. The molecule has 0 aliphatic carbocycles. The number of aromatic carboxylic acids is 1. The van der Waals surface area contributed by atoms with Crippen LogP contribution in [0.3, 0.4) is 0 Å². The molecule has 5 heterocycles. The van der Waals surface area contributed by atoms with Gasteiger partial charge in [0.1, 0.15) is 17.1 Å². The van der Waals surface area contributed by atoms with Gasteiger partial charge >= 0.3 is 5.97 Å². The maximum Gasteiger partial charge on any atom is 0.352 e. The van der Waals surface area contributed by atoms with Gasteiger partial charge < -0.3 is 28.8 Å². The fraction of sp³-hybridized carbons (Fsp3) is 0.400. The Bertz CT molecular complexity index is 2610. The molecule has 2 N–H and O–H groups in total. The number of hydrogen-bond acceptors (Lipinski definition) is 5. The van der Waals surface area contributed by atoms with Crippen molar-refractivity contribution in [3.05, 3.63) is 97.5 Å². The van der Waals surface area contributed by atoms with Crippen LogP contribution >= 0.6 is 23.2 Å². The molecule has 0 unspecified atom stereocenters. The molecule has 3 aromatic carbocycles. The van der Waals surface area contributed by atoms with E-state index in [0.29, 0.717) is 43.3 Å². The number of piperazine rings is 1. The lowest BCUT2D eigenvalue weighted by atomic mass is 9.98. The molecular weight excluding hydrogens is 773 g/mol. The summed E-state index contributed by atoms with van der Waals surface area (Å²) in [6.07, 6.45) is 1.25. The van der Waals surface area contributed by atoms with Crippen molar-refractivity contribution < 1.29 is 24.1 Å². The zero-order chi connectivity index (χ0) is 41.3. The van der Waals surface area contributed by atoms with Crippen LogP contribution in [0, 0.1) is 27.7 Å². The van der Waals surface area contributed by atoms with Crippen LogP contribution in [0.4, 0.5) is 5.69 Å². The van der Waals surface area contributed by atoms with Crippen LogP contribution in [-0.4, -0.2) is 87.4 Å². The quantitative estimate of drug-likeness (QED) is 0.107. The number of halogens is 2. The first kappa shape index (κ1) is 40.0. The third-order valence-electron chi connectivity index (χ3n) is 12.3. The number of ether oxygens (including phenoxy) is 1. The van der Waals surface area contributed by atoms with E-state index in [-0.39, 0.29) is 17.6 Å². The number of aromatic amines is 1. The van der Waals surface area contributed by atoms with Crippen molar-refractivity contribution in [2.75, 3.05) is 51.3 Å². The molecule has 8 rings (SSSR count). The van der Waals surface area contributed by atoms with Gasteiger partial charge in [-0.3, -0.25) is 9.69 Å². The fourth-order valence-corrected chi connectivity index (χ4v) is 9.66. The molecule has 11 nitrogen and oxygen atoms in total. The van der Waals surface area contributed by atoms with Crippen molar-refractivity contribution in [2.24, 2.45) is 14.1 Å². The van der Waals surface area contributed by atoms with Crippen molar-refractivity contribution in [3.8, 4) is 16.9 Å². The predicted octanol–water partition coefficient (Wildman–Crippen LogP) is 8.17. The van der Waals surface area contributed by atoms with Crippen molar-refractivity contribution in [2.45, 2.75) is 60.0 Å². The van der Waals surface area contributed by atoms with Crippen LogP contribution in [0.25, 0.3) is 32.9 Å². The number of anilines is 1. The van der Waals surface area contributed by atoms with E-state index in [9.17, 15) is 9.90 Å². The molecule has 3 aromatic heterocycles. The van der Waals surface area contributed by atoms with Gasteiger partial charge in [-0.2, -0.15) is 5.10 Å². The number of carboxylic acid groups (broad SMARTS) is 1. The molecule has 0 radical (unpaired) electrons. The Labute approximate surface area is 349 Å². The summed E-state index contributed by atoms with van der Waals surface area (Å²) in [6, 6.07) is 13.7. The Balaban J connectivity index is 1.27. The monoisotopic (exact) mass is 824 g/mol. The summed E-state index contributed by atoms with van der Waals surface area (Å²) in [5, 5.41) is 16.8. The van der Waals surface area contributed by atoms with Gasteiger partial charge in [0.05, 0.1) is 39.6 Å². The molecule has 1 fully saturated rings. The highest BCUT2D eigenvalue weighted by Crippen LogP contribution is 2.45. The second-order valence-corrected chi connectivity index (χ2v) is 17.2. The molecule has 2 aliphatic rings. The number of amides is 1. The van der Waals surface area contributed by atoms with E-state index in [1.807, 2.05) is 48.7 Å². The van der Waals surface area contributed by atoms with E-state index >= 15 is 4.79 Å². The van der Waals surface area contributed by atoms with Crippen LogP contribution in [0.2, 0.25) is 10.0 Å². The number of rotatable bonds is 10. The number of nitrogens with one attached hydrogen (secondary N) is 1. The van der Waals surface area contributed by atoms with E-state index in [1.54, 1.807) is 17.7 Å². The molecular formula is C45H52Cl2N7O4+. The molecule has 0 spiro atoms. The van der Waals surface area contributed by atoms with Crippen LogP contribution in [-0.2, 0) is 27.1 Å². The van der Waals surface area contributed by atoms with E-state index in [0.717, 1.165) is 109 Å². The fourth-order valence-electron chi connectivity index (χ4n) is 9.31. The molecule has 1 saturated heterocycles. The molecule has 2 aliphatic heterocycles. The second-order valence-electron chi connectivity index (χ2n) is 16.4. The summed E-state index contributed by atoms with van der Waals surface area (Å²) < 4.78 is 12.2. The number of aromatic nitrogens is 4. The summed E-state index contributed by atoms with van der Waals surface area (Å²) in [5.74, 6) is -0.367. The number of likely N-dealkylation sites (N-methyl/N-ethyl adjacent to an activating group) is 1. The number of nitrogens with zero attached hydrogens (tertiary/aromatic N) is 6. The largest absolute Gasteiger partial charge is 0.494 e. The van der Waals surface area contributed by atoms with Crippen LogP contribution in [0.15, 0.2) is 42.5 Å². The van der Waals surface area contributed by atoms with Gasteiger partial charge in [-0.15, -0.1) is 4.68 Å². The van der Waals surface area contributed by atoms with Gasteiger partial charge in [-0.25, -0.2) is 4.79 Å². The Hall–Kier alpha value is -4.81. The highest BCUT2D eigenvalue weighted by molar-refractivity contribution is 6.35. The van der Waals surface area contributed by atoms with Crippen molar-refractivity contribution in [1.82, 2.24) is 24.0 Å². The average Bonchev–Trinajstić information content (AvgIpc) is 3.78. The molecule has 1 atom stereocenters. The first-order valence-electron chi connectivity index (χ1n) is 20.0. The Morgan fingerprint density at radius 1 is 0.966 bits per heavy atom. The number of H-pyrrole nitrogens is 1. The van der Waals surface area contributed by atoms with Crippen LogP contribution in [0.5, 0.6) is 5.75 Å². The number of aryl methyl sites for hydroxylation is 6. The number of carbonyl (C=O) groups is 2. The van der Waals surface area contributed by atoms with Gasteiger partial charge in [0.25, 0.3) is 5.91 Å². The van der Waals surface area contributed by atoms with E-state index in [2.05, 4.69) is 65.5 Å². The average molecular weight is 826 g/mol. The predicted molar refractivity (Wildman–Crippen MR) is 231 cm³/mol. The number of benzene rings is 3. The minimum atomic E-state index is -1.01. The van der Waals surface area contributed by atoms with Crippen LogP contribution < -0.4 is 14.3 Å². The highest BCUT2D eigenvalue weighted by Gasteiger charge is 2.38. The highest BCUT2D eigenvalue weighted by atomic mass is 35.5. The standard InChI is InChI=1S/C45H51Cl2N7O4/c1-25-18-32(19-26(2)40(25)47)58-17-9-10-33-34-11-12-35(46)39(38-28(4)48-51(8)29(38)5)42(34)54-27(3)23-53(44(55)43(33)54)36-21-30(24-52-15-13-49(6)14-16-52)20-31-22-37(45(56)57)50(7)41(31)36/h11-12,18-22,27H,9-10,13-17,23-24H2,1-8H3,(H,56,57)/p+1/t27-/m1/s1. The zero-order valence-electron chi connectivity index (χ0n) is 34.6. The van der Waals surface area contributed by atoms with Gasteiger partial charge in [-0.05, 0) is 106 Å². The van der Waals surface area contributed by atoms with Crippen molar-refractivity contribution in [3.63, 3.8) is 0 Å². The SMILES string of the molecule is Cc1cc(OCCCc2c3n(c4c(-c5c(C)[nH][n+](C)c5C)c(Cl)ccc24)[C@H](C)CN(c2cc(CN4CCN(C)CC4)cc4cc(C(=O)O)n(C)c24)C3=O)cc(C)c1Cl. The molecule has 58 heavy (non-hydrogen) atoms. The third-order valence-corrected chi connectivity index (χ3v) is 13.2. The molecule has 304 valence electrons. The van der Waals surface area contributed by atoms with Crippen molar-refractivity contribution in [1.29, 1.82) is 0 Å². The maximum absolute atomic E-state index is 15.5. The van der Waals surface area contributed by atoms with Gasteiger partial charge in [0, 0.05) is 80.6 Å². The summed E-state index contributed by atoms with van der Waals surface area (Å²) in [6.45, 7) is 15.6. The molecule has 0 bridgehead atoms. The van der Waals surface area contributed by atoms with Crippen molar-refractivity contribution >= 4 is 62.6 Å². The lowest BCUT2D eigenvalue weighted by Crippen LogP contribution is -2.44.